The van der Waals surface area contributed by atoms with E-state index >= 15 is 0 Å². The average Bonchev–Trinajstić information content (AvgIpc) is 2.72. The van der Waals surface area contributed by atoms with Crippen LogP contribution in [0.3, 0.4) is 0 Å². The minimum Gasteiger partial charge on any atom is -0.294 e. The quantitative estimate of drug-likeness (QED) is 0.192. The molecule has 1 saturated carbocycles. The Morgan fingerprint density at radius 1 is 1.06 bits per heavy atom. The van der Waals surface area contributed by atoms with E-state index in [4.69, 9.17) is 17.4 Å². The maximum Gasteiger partial charge on any atom is 0.419 e. The summed E-state index contributed by atoms with van der Waals surface area (Å²) in [5.41, 5.74) is -2.40. The molecule has 2 N–H and O–H groups in total. The van der Waals surface area contributed by atoms with E-state index in [0.29, 0.717) is 11.1 Å². The molecule has 2 aromatic carbocycles. The number of hydrogen-bond acceptors (Lipinski definition) is 3. The molecule has 0 spiro atoms. The van der Waals surface area contributed by atoms with Crippen LogP contribution in [0, 0.1) is 11.7 Å². The van der Waals surface area contributed by atoms with Crippen LogP contribution in [0.1, 0.15) is 64.8 Å². The lowest BCUT2D eigenvalue weighted by molar-refractivity contribution is -0.140. The van der Waals surface area contributed by atoms with E-state index in [0.717, 1.165) is 44.2 Å². The summed E-state index contributed by atoms with van der Waals surface area (Å²) in [5.74, 6) is 2.85. The van der Waals surface area contributed by atoms with Gasteiger partial charge in [0.05, 0.1) is 16.8 Å². The molecule has 1 amide bonds. The zero-order valence-corrected chi connectivity index (χ0v) is 17.3. The molecule has 0 bridgehead atoms. The van der Waals surface area contributed by atoms with Crippen molar-refractivity contribution in [2.24, 2.45) is 11.8 Å². The summed E-state index contributed by atoms with van der Waals surface area (Å²) in [7, 11) is 0. The Morgan fingerprint density at radius 2 is 1.74 bits per heavy atom. The second-order valence-electron chi connectivity index (χ2n) is 7.63. The highest BCUT2D eigenvalue weighted by molar-refractivity contribution is 6.31. The van der Waals surface area contributed by atoms with Gasteiger partial charge in [-0.15, -0.1) is 0 Å². The van der Waals surface area contributed by atoms with Crippen molar-refractivity contribution in [2.75, 3.05) is 5.01 Å². The van der Waals surface area contributed by atoms with Gasteiger partial charge in [-0.3, -0.25) is 9.59 Å². The number of carbonyl (C=O) groups excluding carboxylic acids is 2. The lowest BCUT2D eigenvalue weighted by Crippen LogP contribution is -2.39. The van der Waals surface area contributed by atoms with Gasteiger partial charge in [0.2, 0.25) is 0 Å². The number of anilines is 1. The van der Waals surface area contributed by atoms with Gasteiger partial charge in [0.25, 0.3) is 5.91 Å². The number of ketones is 1. The Balaban J connectivity index is 1.92. The molecule has 1 aliphatic carbocycles. The number of carbonyl (C=O) groups is 2. The number of amides is 1. The molecule has 0 aliphatic heterocycles. The van der Waals surface area contributed by atoms with E-state index in [9.17, 15) is 27.2 Å². The van der Waals surface area contributed by atoms with Crippen LogP contribution in [0.25, 0.3) is 0 Å². The van der Waals surface area contributed by atoms with Crippen molar-refractivity contribution in [1.29, 1.82) is 0 Å². The highest BCUT2D eigenvalue weighted by Crippen LogP contribution is 2.34. The SMILES string of the molecule is NN(C(=O)c1cccc(C(F)(F)F)c1F)c1ccc(Cl)cc1C(=O)CC1CCCCC1. The number of halogens is 5. The molecule has 0 saturated heterocycles. The number of rotatable bonds is 5. The van der Waals surface area contributed by atoms with E-state index < -0.39 is 29.0 Å². The summed E-state index contributed by atoms with van der Waals surface area (Å²) in [6.07, 6.45) is 0.313. The van der Waals surface area contributed by atoms with Crippen LogP contribution >= 0.6 is 11.6 Å². The van der Waals surface area contributed by atoms with Gasteiger partial charge in [-0.1, -0.05) is 49.8 Å². The standard InChI is InChI=1S/C22H21ClF4N2O2/c23-14-9-10-18(16(12-14)19(30)11-13-5-2-1-3-6-13)29(28)21(31)15-7-4-8-17(20(15)24)22(25,26)27/h4,7-10,12-13H,1-3,5-6,11,28H2. The number of benzene rings is 2. The molecule has 0 heterocycles. The predicted molar refractivity (Wildman–Crippen MR) is 109 cm³/mol. The lowest BCUT2D eigenvalue weighted by Gasteiger charge is -2.23. The molecular formula is C22H21ClF4N2O2. The Morgan fingerprint density at radius 3 is 2.39 bits per heavy atom. The first-order valence-corrected chi connectivity index (χ1v) is 10.2. The minimum atomic E-state index is -4.97. The molecule has 3 rings (SSSR count). The summed E-state index contributed by atoms with van der Waals surface area (Å²) >= 11 is 6.02. The van der Waals surface area contributed by atoms with Gasteiger partial charge < -0.3 is 0 Å². The molecule has 166 valence electrons. The summed E-state index contributed by atoms with van der Waals surface area (Å²) < 4.78 is 53.4. The van der Waals surface area contributed by atoms with E-state index in [-0.39, 0.29) is 34.4 Å². The molecule has 2 aromatic rings. The first-order valence-electron chi connectivity index (χ1n) is 9.87. The van der Waals surface area contributed by atoms with Crippen molar-refractivity contribution in [3.8, 4) is 0 Å². The third-order valence-electron chi connectivity index (χ3n) is 5.47. The fraction of sp³-hybridized carbons (Fsp3) is 0.364. The van der Waals surface area contributed by atoms with Crippen molar-refractivity contribution in [3.05, 3.63) is 63.9 Å². The highest BCUT2D eigenvalue weighted by atomic mass is 35.5. The Kier molecular flexibility index (Phi) is 7.01. The summed E-state index contributed by atoms with van der Waals surface area (Å²) in [6, 6.07) is 6.44. The van der Waals surface area contributed by atoms with Crippen molar-refractivity contribution in [1.82, 2.24) is 0 Å². The first-order chi connectivity index (χ1) is 14.6. The second kappa shape index (κ2) is 9.36. The third-order valence-corrected chi connectivity index (χ3v) is 5.71. The number of hydrogen-bond donors (Lipinski definition) is 1. The van der Waals surface area contributed by atoms with Gasteiger partial charge >= 0.3 is 6.18 Å². The largest absolute Gasteiger partial charge is 0.419 e. The third kappa shape index (κ3) is 5.25. The van der Waals surface area contributed by atoms with Crippen LogP contribution in [0.5, 0.6) is 0 Å². The Hall–Kier alpha value is -2.45. The molecule has 0 radical (unpaired) electrons. The smallest absolute Gasteiger partial charge is 0.294 e. The molecule has 1 aliphatic rings. The van der Waals surface area contributed by atoms with Gasteiger partial charge in [0, 0.05) is 17.0 Å². The monoisotopic (exact) mass is 456 g/mol. The molecule has 1 fully saturated rings. The summed E-state index contributed by atoms with van der Waals surface area (Å²) in [6.45, 7) is 0. The molecule has 0 atom stereocenters. The van der Waals surface area contributed by atoms with Crippen LogP contribution in [0.15, 0.2) is 36.4 Å². The zero-order valence-electron chi connectivity index (χ0n) is 16.5. The van der Waals surface area contributed by atoms with E-state index in [2.05, 4.69) is 0 Å². The maximum atomic E-state index is 14.4. The molecule has 0 unspecified atom stereocenters. The van der Waals surface area contributed by atoms with Crippen molar-refractivity contribution in [3.63, 3.8) is 0 Å². The molecule has 31 heavy (non-hydrogen) atoms. The highest BCUT2D eigenvalue weighted by Gasteiger charge is 2.36. The van der Waals surface area contributed by atoms with E-state index in [1.165, 1.54) is 18.2 Å². The molecular weight excluding hydrogens is 436 g/mol. The van der Waals surface area contributed by atoms with Crippen LogP contribution in [0.4, 0.5) is 23.2 Å². The number of Topliss-reactive ketones (excluding diaryl/α,β-unsaturated/α-hetero) is 1. The van der Waals surface area contributed by atoms with E-state index in [1.807, 2.05) is 0 Å². The fourth-order valence-electron chi connectivity index (χ4n) is 3.86. The summed E-state index contributed by atoms with van der Waals surface area (Å²) in [4.78, 5) is 25.7. The van der Waals surface area contributed by atoms with Gasteiger partial charge in [0.1, 0.15) is 5.82 Å². The normalized spacial score (nSPS) is 15.0. The summed E-state index contributed by atoms with van der Waals surface area (Å²) in [5, 5.41) is 0.727. The second-order valence-corrected chi connectivity index (χ2v) is 8.07. The fourth-order valence-corrected chi connectivity index (χ4v) is 4.03. The number of nitrogens with zero attached hydrogens (tertiary/aromatic N) is 1. The van der Waals surface area contributed by atoms with Crippen LogP contribution in [-0.4, -0.2) is 11.7 Å². The van der Waals surface area contributed by atoms with Crippen LogP contribution in [0.2, 0.25) is 5.02 Å². The number of nitrogens with two attached hydrogens (primary N) is 1. The van der Waals surface area contributed by atoms with Gasteiger partial charge in [-0.05, 0) is 36.2 Å². The van der Waals surface area contributed by atoms with Crippen molar-refractivity contribution in [2.45, 2.75) is 44.7 Å². The van der Waals surface area contributed by atoms with Gasteiger partial charge in [-0.25, -0.2) is 15.2 Å². The van der Waals surface area contributed by atoms with Crippen molar-refractivity contribution < 1.29 is 27.2 Å². The molecule has 4 nitrogen and oxygen atoms in total. The van der Waals surface area contributed by atoms with E-state index in [1.54, 1.807) is 0 Å². The van der Waals surface area contributed by atoms with Gasteiger partial charge in [-0.2, -0.15) is 13.2 Å². The number of hydrazine groups is 1. The average molecular weight is 457 g/mol. The van der Waals surface area contributed by atoms with Crippen LogP contribution in [-0.2, 0) is 6.18 Å². The Bertz CT molecular complexity index is 988. The number of alkyl halides is 3. The zero-order chi connectivity index (χ0) is 22.8. The lowest BCUT2D eigenvalue weighted by atomic mass is 9.84. The van der Waals surface area contributed by atoms with Crippen molar-refractivity contribution >= 4 is 29.0 Å². The maximum absolute atomic E-state index is 14.4. The Labute approximate surface area is 181 Å². The minimum absolute atomic E-state index is 0.0491. The molecule has 0 aromatic heterocycles. The molecule has 9 heteroatoms. The van der Waals surface area contributed by atoms with Gasteiger partial charge in [0.15, 0.2) is 5.78 Å². The topological polar surface area (TPSA) is 63.4 Å². The predicted octanol–water partition coefficient (Wildman–Crippen LogP) is 6.17. The first kappa shape index (κ1) is 23.2. The van der Waals surface area contributed by atoms with Crippen LogP contribution < -0.4 is 10.9 Å².